The quantitative estimate of drug-likeness (QED) is 0.703. The van der Waals surface area contributed by atoms with Crippen molar-refractivity contribution in [3.05, 3.63) is 30.0 Å². The smallest absolute Gasteiger partial charge is 0.134 e. The Balaban J connectivity index is 2.62. The third kappa shape index (κ3) is 1.38. The zero-order valence-corrected chi connectivity index (χ0v) is 7.19. The summed E-state index contributed by atoms with van der Waals surface area (Å²) in [5, 5.41) is 19.2. The normalized spacial score (nSPS) is 13.4. The van der Waals surface area contributed by atoms with E-state index in [1.54, 1.807) is 31.2 Å². The van der Waals surface area contributed by atoms with Gasteiger partial charge in [0.05, 0.1) is 0 Å². The van der Waals surface area contributed by atoms with E-state index in [-0.39, 0.29) is 5.75 Å². The lowest BCUT2D eigenvalue weighted by molar-refractivity contribution is 0.172. The van der Waals surface area contributed by atoms with Gasteiger partial charge in [-0.3, -0.25) is 0 Å². The molecule has 0 saturated carbocycles. The molecule has 0 radical (unpaired) electrons. The molecular formula is C10H10O3. The van der Waals surface area contributed by atoms with Crippen LogP contribution in [0.5, 0.6) is 5.75 Å². The first kappa shape index (κ1) is 8.13. The molecule has 1 heterocycles. The van der Waals surface area contributed by atoms with Crippen LogP contribution in [0, 0.1) is 0 Å². The molecule has 0 amide bonds. The Bertz CT molecular complexity index is 429. The van der Waals surface area contributed by atoms with Gasteiger partial charge >= 0.3 is 0 Å². The molecule has 2 N–H and O–H groups in total. The topological polar surface area (TPSA) is 53.6 Å². The highest BCUT2D eigenvalue weighted by atomic mass is 16.4. The highest BCUT2D eigenvalue weighted by molar-refractivity contribution is 5.79. The summed E-state index contributed by atoms with van der Waals surface area (Å²) in [5.41, 5.74) is 0.675. The number of hydrogen-bond acceptors (Lipinski definition) is 3. The zero-order chi connectivity index (χ0) is 9.42. The molecule has 0 saturated heterocycles. The van der Waals surface area contributed by atoms with E-state index in [2.05, 4.69) is 0 Å². The minimum absolute atomic E-state index is 0.199. The molecule has 1 aromatic carbocycles. The first-order valence-electron chi connectivity index (χ1n) is 4.07. The zero-order valence-electron chi connectivity index (χ0n) is 7.19. The van der Waals surface area contributed by atoms with Crippen LogP contribution in [0.4, 0.5) is 0 Å². The maximum absolute atomic E-state index is 9.24. The van der Waals surface area contributed by atoms with Gasteiger partial charge in [-0.15, -0.1) is 0 Å². The fourth-order valence-corrected chi connectivity index (χ4v) is 1.26. The molecule has 2 rings (SSSR count). The number of hydrogen-bond donors (Lipinski definition) is 2. The van der Waals surface area contributed by atoms with Gasteiger partial charge in [0.2, 0.25) is 0 Å². The number of phenols is 1. The lowest BCUT2D eigenvalue weighted by atomic mass is 10.2. The number of furan rings is 1. The van der Waals surface area contributed by atoms with Crippen molar-refractivity contribution in [1.29, 1.82) is 0 Å². The number of fused-ring (bicyclic) bond motifs is 1. The van der Waals surface area contributed by atoms with Gasteiger partial charge in [-0.25, -0.2) is 0 Å². The minimum atomic E-state index is -0.616. The fraction of sp³-hybridized carbons (Fsp3) is 0.200. The first-order valence-corrected chi connectivity index (χ1v) is 4.07. The largest absolute Gasteiger partial charge is 0.508 e. The second-order valence-corrected chi connectivity index (χ2v) is 3.05. The van der Waals surface area contributed by atoms with Gasteiger partial charge in [0.1, 0.15) is 23.2 Å². The molecule has 0 aliphatic heterocycles. The Morgan fingerprint density at radius 1 is 1.31 bits per heavy atom. The van der Waals surface area contributed by atoms with E-state index in [1.807, 2.05) is 0 Å². The second kappa shape index (κ2) is 2.78. The SMILES string of the molecule is CC(O)c1cc2cc(O)ccc2o1. The van der Waals surface area contributed by atoms with E-state index in [9.17, 15) is 10.2 Å². The Morgan fingerprint density at radius 2 is 2.08 bits per heavy atom. The summed E-state index contributed by atoms with van der Waals surface area (Å²) in [5.74, 6) is 0.714. The summed E-state index contributed by atoms with van der Waals surface area (Å²) in [7, 11) is 0. The summed E-state index contributed by atoms with van der Waals surface area (Å²) in [6.07, 6.45) is -0.616. The van der Waals surface area contributed by atoms with Crippen LogP contribution in [-0.4, -0.2) is 10.2 Å². The molecule has 2 aromatic rings. The van der Waals surface area contributed by atoms with Crippen LogP contribution in [0.3, 0.4) is 0 Å². The molecule has 3 nitrogen and oxygen atoms in total. The first-order chi connectivity index (χ1) is 6.16. The summed E-state index contributed by atoms with van der Waals surface area (Å²) >= 11 is 0. The molecule has 0 aliphatic carbocycles. The average Bonchev–Trinajstić information content (AvgIpc) is 2.46. The van der Waals surface area contributed by atoms with E-state index >= 15 is 0 Å². The van der Waals surface area contributed by atoms with E-state index < -0.39 is 6.10 Å². The third-order valence-corrected chi connectivity index (χ3v) is 1.93. The molecule has 1 atom stereocenters. The van der Waals surface area contributed by atoms with Crippen molar-refractivity contribution in [2.45, 2.75) is 13.0 Å². The minimum Gasteiger partial charge on any atom is -0.508 e. The number of rotatable bonds is 1. The monoisotopic (exact) mass is 178 g/mol. The molecule has 3 heteroatoms. The maximum Gasteiger partial charge on any atom is 0.134 e. The highest BCUT2D eigenvalue weighted by Crippen LogP contribution is 2.26. The Labute approximate surface area is 75.2 Å². The molecule has 1 unspecified atom stereocenters. The van der Waals surface area contributed by atoms with Crippen molar-refractivity contribution in [2.24, 2.45) is 0 Å². The highest BCUT2D eigenvalue weighted by Gasteiger charge is 2.08. The van der Waals surface area contributed by atoms with Crippen LogP contribution in [0.15, 0.2) is 28.7 Å². The van der Waals surface area contributed by atoms with Gasteiger partial charge in [-0.1, -0.05) is 0 Å². The summed E-state index contributed by atoms with van der Waals surface area (Å²) < 4.78 is 5.32. The van der Waals surface area contributed by atoms with Crippen LogP contribution < -0.4 is 0 Å². The number of phenolic OH excluding ortho intramolecular Hbond substituents is 1. The molecule has 0 fully saturated rings. The molecule has 0 bridgehead atoms. The lowest BCUT2D eigenvalue weighted by Crippen LogP contribution is -1.85. The van der Waals surface area contributed by atoms with Gasteiger partial charge in [-0.05, 0) is 31.2 Å². The van der Waals surface area contributed by atoms with Crippen LogP contribution >= 0.6 is 0 Å². The van der Waals surface area contributed by atoms with Gasteiger partial charge in [0, 0.05) is 5.39 Å². The number of aromatic hydroxyl groups is 1. The summed E-state index contributed by atoms with van der Waals surface area (Å²) in [4.78, 5) is 0. The molecule has 13 heavy (non-hydrogen) atoms. The predicted molar refractivity (Wildman–Crippen MR) is 48.5 cm³/mol. The predicted octanol–water partition coefficient (Wildman–Crippen LogP) is 2.19. The van der Waals surface area contributed by atoms with Gasteiger partial charge in [0.25, 0.3) is 0 Å². The van der Waals surface area contributed by atoms with E-state index in [4.69, 9.17) is 4.42 Å². The van der Waals surface area contributed by atoms with Gasteiger partial charge in [0.15, 0.2) is 0 Å². The van der Waals surface area contributed by atoms with E-state index in [1.165, 1.54) is 0 Å². The van der Waals surface area contributed by atoms with Crippen LogP contribution in [-0.2, 0) is 0 Å². The number of aliphatic hydroxyl groups is 1. The average molecular weight is 178 g/mol. The number of aliphatic hydroxyl groups excluding tert-OH is 1. The second-order valence-electron chi connectivity index (χ2n) is 3.05. The lowest BCUT2D eigenvalue weighted by Gasteiger charge is -1.95. The summed E-state index contributed by atoms with van der Waals surface area (Å²) in [6, 6.07) is 6.55. The molecular weight excluding hydrogens is 168 g/mol. The van der Waals surface area contributed by atoms with Crippen LogP contribution in [0.25, 0.3) is 11.0 Å². The third-order valence-electron chi connectivity index (χ3n) is 1.93. The van der Waals surface area contributed by atoms with Crippen molar-refractivity contribution in [2.75, 3.05) is 0 Å². The maximum atomic E-state index is 9.24. The van der Waals surface area contributed by atoms with Crippen molar-refractivity contribution >= 4 is 11.0 Å². The van der Waals surface area contributed by atoms with E-state index in [0.29, 0.717) is 11.3 Å². The van der Waals surface area contributed by atoms with Crippen LogP contribution in [0.2, 0.25) is 0 Å². The molecule has 0 spiro atoms. The molecule has 0 aliphatic rings. The molecule has 1 aromatic heterocycles. The summed E-state index contributed by atoms with van der Waals surface area (Å²) in [6.45, 7) is 1.64. The number of benzene rings is 1. The van der Waals surface area contributed by atoms with Crippen molar-refractivity contribution in [3.8, 4) is 5.75 Å². The van der Waals surface area contributed by atoms with E-state index in [0.717, 1.165) is 5.39 Å². The standard InChI is InChI=1S/C10H10O3/c1-6(11)10-5-7-4-8(12)2-3-9(7)13-10/h2-6,11-12H,1H3. The molecule has 68 valence electrons. The Kier molecular flexibility index (Phi) is 1.74. The fourth-order valence-electron chi connectivity index (χ4n) is 1.26. The van der Waals surface area contributed by atoms with Gasteiger partial charge in [-0.2, -0.15) is 0 Å². The Morgan fingerprint density at radius 3 is 2.77 bits per heavy atom. The van der Waals surface area contributed by atoms with Crippen molar-refractivity contribution < 1.29 is 14.6 Å². The van der Waals surface area contributed by atoms with Crippen molar-refractivity contribution in [3.63, 3.8) is 0 Å². The van der Waals surface area contributed by atoms with Crippen molar-refractivity contribution in [1.82, 2.24) is 0 Å². The Hall–Kier alpha value is -1.48. The van der Waals surface area contributed by atoms with Gasteiger partial charge < -0.3 is 14.6 Å². The van der Waals surface area contributed by atoms with Crippen LogP contribution in [0.1, 0.15) is 18.8 Å².